The molecule has 1 aromatic carbocycles. The monoisotopic (exact) mass is 326 g/mol. The number of ether oxygens (including phenoxy) is 3. The van der Waals surface area contributed by atoms with E-state index >= 15 is 0 Å². The number of nitrogens with one attached hydrogen (secondary N) is 1. The molecule has 6 nitrogen and oxygen atoms in total. The van der Waals surface area contributed by atoms with Crippen molar-refractivity contribution in [3.05, 3.63) is 30.1 Å². The fraction of sp³-hybridized carbons (Fsp3) is 0.562. The number of rotatable bonds is 8. The van der Waals surface area contributed by atoms with Crippen molar-refractivity contribution in [2.24, 2.45) is 0 Å². The van der Waals surface area contributed by atoms with Gasteiger partial charge in [-0.2, -0.15) is 0 Å². The molecule has 1 amide bonds. The van der Waals surface area contributed by atoms with Gasteiger partial charge in [0, 0.05) is 26.7 Å². The number of hydrogen-bond acceptors (Lipinski definition) is 5. The van der Waals surface area contributed by atoms with Crippen molar-refractivity contribution in [1.82, 2.24) is 10.2 Å². The van der Waals surface area contributed by atoms with E-state index in [2.05, 4.69) is 5.32 Å². The molecule has 1 atom stereocenters. The molecule has 2 rings (SSSR count). The van der Waals surface area contributed by atoms with E-state index in [0.717, 1.165) is 6.54 Å². The van der Waals surface area contributed by atoms with Gasteiger partial charge in [-0.3, -0.25) is 4.79 Å². The maximum atomic E-state index is 12.8. The Morgan fingerprint density at radius 3 is 2.74 bits per heavy atom. The molecule has 1 fully saturated rings. The Hall–Kier alpha value is -1.70. The zero-order valence-corrected chi connectivity index (χ0v) is 13.3. The molecule has 128 valence electrons. The highest BCUT2D eigenvalue weighted by Gasteiger charge is 2.26. The molecular weight excluding hydrogens is 303 g/mol. The Bertz CT molecular complexity index is 477. The molecule has 0 aliphatic carbocycles. The molecule has 1 heterocycles. The topological polar surface area (TPSA) is 60.0 Å². The van der Waals surface area contributed by atoms with E-state index in [1.54, 1.807) is 24.1 Å². The van der Waals surface area contributed by atoms with Crippen molar-refractivity contribution in [2.45, 2.75) is 6.10 Å². The van der Waals surface area contributed by atoms with Gasteiger partial charge in [0.05, 0.1) is 19.8 Å². The number of nitrogens with zero attached hydrogens (tertiary/aromatic N) is 1. The number of methoxy groups -OCH3 is 1. The van der Waals surface area contributed by atoms with E-state index in [0.29, 0.717) is 45.2 Å². The van der Waals surface area contributed by atoms with Gasteiger partial charge in [-0.25, -0.2) is 4.39 Å². The van der Waals surface area contributed by atoms with Crippen LogP contribution >= 0.6 is 0 Å². The van der Waals surface area contributed by atoms with Crippen LogP contribution in [0.25, 0.3) is 0 Å². The van der Waals surface area contributed by atoms with E-state index in [1.165, 1.54) is 12.1 Å². The van der Waals surface area contributed by atoms with Crippen LogP contribution in [0.1, 0.15) is 0 Å². The normalized spacial score (nSPS) is 17.7. The molecule has 0 bridgehead atoms. The van der Waals surface area contributed by atoms with E-state index in [1.807, 2.05) is 0 Å². The second-order valence-corrected chi connectivity index (χ2v) is 5.18. The van der Waals surface area contributed by atoms with Crippen LogP contribution in [-0.4, -0.2) is 70.0 Å². The molecule has 1 aliphatic heterocycles. The SMILES string of the molecule is COCCN(CCOc1ccc(F)cc1)C(=O)C1CNCCO1. The standard InChI is InChI=1S/C16H23FN2O4/c1-21-10-7-19(16(20)15-12-18-6-9-23-15)8-11-22-14-4-2-13(17)3-5-14/h2-5,15,18H,6-12H2,1H3. The van der Waals surface area contributed by atoms with E-state index < -0.39 is 6.10 Å². The molecule has 0 radical (unpaired) electrons. The third-order valence-electron chi connectivity index (χ3n) is 3.52. The largest absolute Gasteiger partial charge is 0.492 e. The molecular formula is C16H23FN2O4. The van der Waals surface area contributed by atoms with Crippen molar-refractivity contribution in [1.29, 1.82) is 0 Å². The zero-order chi connectivity index (χ0) is 16.5. The summed E-state index contributed by atoms with van der Waals surface area (Å²) in [5, 5.41) is 3.14. The third-order valence-corrected chi connectivity index (χ3v) is 3.52. The Kier molecular flexibility index (Phi) is 7.25. The Morgan fingerprint density at radius 1 is 1.35 bits per heavy atom. The summed E-state index contributed by atoms with van der Waals surface area (Å²) in [5.41, 5.74) is 0. The Morgan fingerprint density at radius 2 is 2.09 bits per heavy atom. The van der Waals surface area contributed by atoms with Gasteiger partial charge in [0.1, 0.15) is 24.3 Å². The van der Waals surface area contributed by atoms with Crippen LogP contribution < -0.4 is 10.1 Å². The fourth-order valence-corrected chi connectivity index (χ4v) is 2.27. The summed E-state index contributed by atoms with van der Waals surface area (Å²) in [4.78, 5) is 14.2. The summed E-state index contributed by atoms with van der Waals surface area (Å²) < 4.78 is 29.0. The third kappa shape index (κ3) is 5.78. The van der Waals surface area contributed by atoms with Crippen LogP contribution in [0.2, 0.25) is 0 Å². The summed E-state index contributed by atoms with van der Waals surface area (Å²) in [5.74, 6) is 0.189. The fourth-order valence-electron chi connectivity index (χ4n) is 2.27. The second-order valence-electron chi connectivity index (χ2n) is 5.18. The first kappa shape index (κ1) is 17.7. The number of halogens is 1. The number of morpholine rings is 1. The molecule has 1 saturated heterocycles. The van der Waals surface area contributed by atoms with Gasteiger partial charge in [-0.05, 0) is 24.3 Å². The van der Waals surface area contributed by atoms with Gasteiger partial charge in [0.25, 0.3) is 5.91 Å². The van der Waals surface area contributed by atoms with Crippen LogP contribution in [0, 0.1) is 5.82 Å². The van der Waals surface area contributed by atoms with Gasteiger partial charge < -0.3 is 24.4 Å². The molecule has 1 aromatic rings. The predicted octanol–water partition coefficient (Wildman–Crippen LogP) is 0.668. The minimum atomic E-state index is -0.466. The van der Waals surface area contributed by atoms with Crippen LogP contribution in [0.5, 0.6) is 5.75 Å². The predicted molar refractivity (Wildman–Crippen MR) is 83.0 cm³/mol. The maximum Gasteiger partial charge on any atom is 0.253 e. The molecule has 1 N–H and O–H groups in total. The van der Waals surface area contributed by atoms with Crippen molar-refractivity contribution in [3.63, 3.8) is 0 Å². The van der Waals surface area contributed by atoms with E-state index in [-0.39, 0.29) is 11.7 Å². The zero-order valence-electron chi connectivity index (χ0n) is 13.3. The highest BCUT2D eigenvalue weighted by Crippen LogP contribution is 2.11. The molecule has 1 aliphatic rings. The summed E-state index contributed by atoms with van der Waals surface area (Å²) in [7, 11) is 1.59. The number of amides is 1. The summed E-state index contributed by atoms with van der Waals surface area (Å²) >= 11 is 0. The van der Waals surface area contributed by atoms with Crippen LogP contribution in [-0.2, 0) is 14.3 Å². The lowest BCUT2D eigenvalue weighted by Gasteiger charge is -2.29. The molecule has 0 spiro atoms. The van der Waals surface area contributed by atoms with Crippen molar-refractivity contribution in [3.8, 4) is 5.75 Å². The van der Waals surface area contributed by atoms with Crippen molar-refractivity contribution in [2.75, 3.05) is 53.1 Å². The lowest BCUT2D eigenvalue weighted by Crippen LogP contribution is -2.51. The molecule has 23 heavy (non-hydrogen) atoms. The Labute approximate surface area is 135 Å². The lowest BCUT2D eigenvalue weighted by atomic mass is 10.2. The van der Waals surface area contributed by atoms with E-state index in [4.69, 9.17) is 14.2 Å². The lowest BCUT2D eigenvalue weighted by molar-refractivity contribution is -0.146. The summed E-state index contributed by atoms with van der Waals surface area (Å²) in [6.45, 7) is 3.46. The van der Waals surface area contributed by atoms with Crippen molar-refractivity contribution >= 4 is 5.91 Å². The molecule has 0 aromatic heterocycles. The van der Waals surface area contributed by atoms with Gasteiger partial charge in [0.2, 0.25) is 0 Å². The molecule has 1 unspecified atom stereocenters. The number of hydrogen-bond donors (Lipinski definition) is 1. The van der Waals surface area contributed by atoms with Crippen molar-refractivity contribution < 1.29 is 23.4 Å². The minimum Gasteiger partial charge on any atom is -0.492 e. The average Bonchev–Trinajstić information content (AvgIpc) is 2.60. The first-order valence-electron chi connectivity index (χ1n) is 7.69. The number of benzene rings is 1. The number of carbonyl (C=O) groups is 1. The smallest absolute Gasteiger partial charge is 0.253 e. The molecule has 0 saturated carbocycles. The van der Waals surface area contributed by atoms with Crippen LogP contribution in [0.4, 0.5) is 4.39 Å². The van der Waals surface area contributed by atoms with Gasteiger partial charge in [-0.15, -0.1) is 0 Å². The highest BCUT2D eigenvalue weighted by atomic mass is 19.1. The van der Waals surface area contributed by atoms with Crippen LogP contribution in [0.15, 0.2) is 24.3 Å². The first-order valence-corrected chi connectivity index (χ1v) is 7.69. The highest BCUT2D eigenvalue weighted by molar-refractivity contribution is 5.81. The summed E-state index contributed by atoms with van der Waals surface area (Å²) in [6.07, 6.45) is -0.466. The van der Waals surface area contributed by atoms with Gasteiger partial charge >= 0.3 is 0 Å². The second kappa shape index (κ2) is 9.44. The minimum absolute atomic E-state index is 0.0723. The van der Waals surface area contributed by atoms with Gasteiger partial charge in [-0.1, -0.05) is 0 Å². The Balaban J connectivity index is 1.84. The molecule has 7 heteroatoms. The van der Waals surface area contributed by atoms with Crippen LogP contribution in [0.3, 0.4) is 0 Å². The first-order chi connectivity index (χ1) is 11.2. The van der Waals surface area contributed by atoms with Gasteiger partial charge in [0.15, 0.2) is 0 Å². The maximum absolute atomic E-state index is 12.8. The number of carbonyl (C=O) groups excluding carboxylic acids is 1. The summed E-state index contributed by atoms with van der Waals surface area (Å²) in [6, 6.07) is 5.80. The quantitative estimate of drug-likeness (QED) is 0.761. The average molecular weight is 326 g/mol. The van der Waals surface area contributed by atoms with E-state index in [9.17, 15) is 9.18 Å².